The van der Waals surface area contributed by atoms with Crippen LogP contribution in [-0.4, -0.2) is 33.1 Å². The molecule has 0 spiro atoms. The third-order valence-corrected chi connectivity index (χ3v) is 5.19. The van der Waals surface area contributed by atoms with E-state index in [9.17, 15) is 9.59 Å². The number of anilines is 1. The van der Waals surface area contributed by atoms with E-state index in [0.717, 1.165) is 29.4 Å². The minimum absolute atomic E-state index is 0.0935. The van der Waals surface area contributed by atoms with Crippen LogP contribution >= 0.6 is 0 Å². The van der Waals surface area contributed by atoms with Gasteiger partial charge in [-0.1, -0.05) is 29.8 Å². The van der Waals surface area contributed by atoms with Crippen LogP contribution in [-0.2, 0) is 35.5 Å². The Hall–Kier alpha value is -3.48. The second kappa shape index (κ2) is 11.2. The predicted molar refractivity (Wildman–Crippen MR) is 124 cm³/mol. The minimum Gasteiger partial charge on any atom is -0.462 e. The molecule has 7 heteroatoms. The van der Waals surface area contributed by atoms with Gasteiger partial charge in [0, 0.05) is 31.5 Å². The molecule has 0 saturated carbocycles. The Morgan fingerprint density at radius 3 is 2.50 bits per heavy atom. The number of nitrogens with zero attached hydrogens (tertiary/aromatic N) is 3. The van der Waals surface area contributed by atoms with E-state index in [-0.39, 0.29) is 18.2 Å². The van der Waals surface area contributed by atoms with E-state index in [2.05, 4.69) is 39.1 Å². The summed E-state index contributed by atoms with van der Waals surface area (Å²) in [6.07, 6.45) is 1.17. The largest absolute Gasteiger partial charge is 0.462 e. The first-order valence-electron chi connectivity index (χ1n) is 11.0. The van der Waals surface area contributed by atoms with Crippen LogP contribution in [0.5, 0.6) is 0 Å². The summed E-state index contributed by atoms with van der Waals surface area (Å²) in [5.74, 6) is 1.38. The highest BCUT2D eigenvalue weighted by molar-refractivity contribution is 5.90. The molecule has 32 heavy (non-hydrogen) atoms. The molecule has 0 atom stereocenters. The number of carbonyl (C=O) groups is 2. The fourth-order valence-electron chi connectivity index (χ4n) is 3.50. The number of esters is 1. The van der Waals surface area contributed by atoms with Crippen LogP contribution in [0, 0.1) is 6.92 Å². The first-order valence-corrected chi connectivity index (χ1v) is 11.0. The zero-order chi connectivity index (χ0) is 22.9. The first-order chi connectivity index (χ1) is 15.5. The van der Waals surface area contributed by atoms with Gasteiger partial charge in [-0.15, -0.1) is 10.2 Å². The number of ether oxygens (including phenoxy) is 1. The molecule has 0 aliphatic heterocycles. The maximum absolute atomic E-state index is 12.6. The molecule has 1 N–H and O–H groups in total. The van der Waals surface area contributed by atoms with E-state index in [4.69, 9.17) is 4.74 Å². The fourth-order valence-corrected chi connectivity index (χ4v) is 3.50. The average Bonchev–Trinajstić information content (AvgIpc) is 3.19. The molecule has 1 heterocycles. The van der Waals surface area contributed by atoms with Gasteiger partial charge in [-0.3, -0.25) is 4.79 Å². The fraction of sp³-hybridized carbons (Fsp3) is 0.360. The first kappa shape index (κ1) is 23.2. The van der Waals surface area contributed by atoms with Crippen LogP contribution in [0.4, 0.5) is 5.69 Å². The molecule has 0 amide bonds. The van der Waals surface area contributed by atoms with Crippen LogP contribution < -0.4 is 5.32 Å². The van der Waals surface area contributed by atoms with Gasteiger partial charge in [-0.25, -0.2) is 4.79 Å². The standard InChI is InChI=1S/C25H30N4O3/c1-4-29-23(27-28-24(29)17-26-21-11-9-18(3)10-12-21)14-13-22(30)16-19-7-6-8-20(15-19)25(31)32-5-2/h6-12,15,26H,4-5,13-14,16-17H2,1-3H3. The number of hydrogen-bond acceptors (Lipinski definition) is 6. The second-order valence-electron chi connectivity index (χ2n) is 7.63. The van der Waals surface area contributed by atoms with Crippen molar-refractivity contribution in [3.8, 4) is 0 Å². The van der Waals surface area contributed by atoms with E-state index >= 15 is 0 Å². The van der Waals surface area contributed by atoms with Gasteiger partial charge in [0.2, 0.25) is 0 Å². The molecule has 0 aliphatic carbocycles. The van der Waals surface area contributed by atoms with Crippen molar-refractivity contribution in [3.63, 3.8) is 0 Å². The number of aromatic nitrogens is 3. The van der Waals surface area contributed by atoms with Crippen molar-refractivity contribution in [2.24, 2.45) is 0 Å². The molecule has 0 bridgehead atoms. The van der Waals surface area contributed by atoms with Gasteiger partial charge >= 0.3 is 5.97 Å². The zero-order valence-corrected chi connectivity index (χ0v) is 18.9. The van der Waals surface area contributed by atoms with Gasteiger partial charge in [0.05, 0.1) is 18.7 Å². The number of rotatable bonds is 11. The molecular weight excluding hydrogens is 404 g/mol. The van der Waals surface area contributed by atoms with Gasteiger partial charge in [-0.2, -0.15) is 0 Å². The molecule has 3 rings (SSSR count). The predicted octanol–water partition coefficient (Wildman–Crippen LogP) is 4.14. The minimum atomic E-state index is -0.371. The quantitative estimate of drug-likeness (QED) is 0.457. The molecule has 7 nitrogen and oxygen atoms in total. The number of Topliss-reactive ketones (excluding diaryl/α,β-unsaturated/α-hetero) is 1. The van der Waals surface area contributed by atoms with E-state index in [1.165, 1.54) is 5.56 Å². The third kappa shape index (κ3) is 6.26. The Kier molecular flexibility index (Phi) is 8.14. The van der Waals surface area contributed by atoms with Crippen LogP contribution in [0.1, 0.15) is 53.4 Å². The molecule has 3 aromatic rings. The number of nitrogens with one attached hydrogen (secondary N) is 1. The monoisotopic (exact) mass is 434 g/mol. The summed E-state index contributed by atoms with van der Waals surface area (Å²) in [5.41, 5.74) is 3.52. The SMILES string of the molecule is CCOC(=O)c1cccc(CC(=O)CCc2nnc(CNc3ccc(C)cc3)n2CC)c1. The molecule has 1 aromatic heterocycles. The van der Waals surface area contributed by atoms with Crippen molar-refractivity contribution < 1.29 is 14.3 Å². The molecule has 0 unspecified atom stereocenters. The van der Waals surface area contributed by atoms with Crippen LogP contribution in [0.3, 0.4) is 0 Å². The van der Waals surface area contributed by atoms with Gasteiger partial charge in [0.15, 0.2) is 5.82 Å². The number of ketones is 1. The summed E-state index contributed by atoms with van der Waals surface area (Å²) in [4.78, 5) is 24.4. The topological polar surface area (TPSA) is 86.1 Å². The Balaban J connectivity index is 1.56. The van der Waals surface area contributed by atoms with Gasteiger partial charge in [0.25, 0.3) is 0 Å². The number of carbonyl (C=O) groups excluding carboxylic acids is 2. The lowest BCUT2D eigenvalue weighted by atomic mass is 10.0. The summed E-state index contributed by atoms with van der Waals surface area (Å²) in [7, 11) is 0. The molecule has 0 fully saturated rings. The smallest absolute Gasteiger partial charge is 0.338 e. The highest BCUT2D eigenvalue weighted by Gasteiger charge is 2.14. The summed E-state index contributed by atoms with van der Waals surface area (Å²) in [6, 6.07) is 15.2. The zero-order valence-electron chi connectivity index (χ0n) is 18.9. The summed E-state index contributed by atoms with van der Waals surface area (Å²) in [5, 5.41) is 12.0. The Morgan fingerprint density at radius 2 is 1.78 bits per heavy atom. The van der Waals surface area contributed by atoms with Crippen molar-refractivity contribution in [2.75, 3.05) is 11.9 Å². The summed E-state index contributed by atoms with van der Waals surface area (Å²) in [6.45, 7) is 7.50. The summed E-state index contributed by atoms with van der Waals surface area (Å²) >= 11 is 0. The van der Waals surface area contributed by atoms with Crippen molar-refractivity contribution >= 4 is 17.4 Å². The summed E-state index contributed by atoms with van der Waals surface area (Å²) < 4.78 is 7.08. The van der Waals surface area contributed by atoms with Crippen molar-refractivity contribution in [3.05, 3.63) is 76.9 Å². The van der Waals surface area contributed by atoms with E-state index in [1.807, 2.05) is 25.1 Å². The van der Waals surface area contributed by atoms with E-state index < -0.39 is 0 Å². The molecule has 0 aliphatic rings. The lowest BCUT2D eigenvalue weighted by molar-refractivity contribution is -0.118. The Morgan fingerprint density at radius 1 is 1.03 bits per heavy atom. The van der Waals surface area contributed by atoms with Gasteiger partial charge in [0.1, 0.15) is 11.6 Å². The highest BCUT2D eigenvalue weighted by Crippen LogP contribution is 2.13. The average molecular weight is 435 g/mol. The normalized spacial score (nSPS) is 10.7. The van der Waals surface area contributed by atoms with Crippen LogP contribution in [0.25, 0.3) is 0 Å². The van der Waals surface area contributed by atoms with E-state index in [0.29, 0.717) is 31.6 Å². The van der Waals surface area contributed by atoms with Crippen LogP contribution in [0.2, 0.25) is 0 Å². The van der Waals surface area contributed by atoms with Gasteiger partial charge in [-0.05, 0) is 50.6 Å². The molecular formula is C25H30N4O3. The number of aryl methyl sites for hydroxylation is 2. The molecule has 0 saturated heterocycles. The van der Waals surface area contributed by atoms with Crippen LogP contribution in [0.15, 0.2) is 48.5 Å². The molecule has 0 radical (unpaired) electrons. The maximum atomic E-state index is 12.6. The number of benzene rings is 2. The number of hydrogen-bond donors (Lipinski definition) is 1. The Bertz CT molecular complexity index is 1060. The lowest BCUT2D eigenvalue weighted by Gasteiger charge is -2.10. The van der Waals surface area contributed by atoms with E-state index in [1.54, 1.807) is 25.1 Å². The van der Waals surface area contributed by atoms with Crippen molar-refractivity contribution in [1.29, 1.82) is 0 Å². The Labute approximate surface area is 188 Å². The van der Waals surface area contributed by atoms with Gasteiger partial charge < -0.3 is 14.6 Å². The second-order valence-corrected chi connectivity index (χ2v) is 7.63. The van der Waals surface area contributed by atoms with Crippen molar-refractivity contribution in [2.45, 2.75) is 53.1 Å². The highest BCUT2D eigenvalue weighted by atomic mass is 16.5. The molecule has 2 aromatic carbocycles. The third-order valence-electron chi connectivity index (χ3n) is 5.19. The maximum Gasteiger partial charge on any atom is 0.338 e. The molecule has 168 valence electrons. The lowest BCUT2D eigenvalue weighted by Crippen LogP contribution is -2.12. The van der Waals surface area contributed by atoms with Crippen molar-refractivity contribution in [1.82, 2.24) is 14.8 Å².